The van der Waals surface area contributed by atoms with Gasteiger partial charge in [-0.05, 0) is 61.0 Å². The molecule has 3 heterocycles. The van der Waals surface area contributed by atoms with Crippen LogP contribution in [0.2, 0.25) is 0 Å². The van der Waals surface area contributed by atoms with Crippen LogP contribution in [0.5, 0.6) is 5.75 Å². The van der Waals surface area contributed by atoms with E-state index in [4.69, 9.17) is 25.0 Å². The number of benzene rings is 3. The summed E-state index contributed by atoms with van der Waals surface area (Å²) in [5.41, 5.74) is 11.0. The molecular weight excluding hydrogens is 504 g/mol. The number of nitrogens with zero attached hydrogens (tertiary/aromatic N) is 3. The number of pyridine rings is 1. The van der Waals surface area contributed by atoms with E-state index in [2.05, 4.69) is 33.9 Å². The number of ether oxygens (including phenoxy) is 3. The van der Waals surface area contributed by atoms with Gasteiger partial charge in [0.2, 0.25) is 0 Å². The molecule has 2 N–H and O–H groups in total. The van der Waals surface area contributed by atoms with E-state index in [0.29, 0.717) is 24.8 Å². The maximum absolute atomic E-state index is 12.5. The third-order valence-electron chi connectivity index (χ3n) is 7.57. The van der Waals surface area contributed by atoms with Gasteiger partial charge in [0.25, 0.3) is 0 Å². The maximum Gasteiger partial charge on any atom is 0.313 e. The minimum atomic E-state index is -0.444. The number of aromatic nitrogens is 3. The minimum Gasteiger partial charge on any atom is -0.487 e. The lowest BCUT2D eigenvalue weighted by Gasteiger charge is -2.15. The second-order valence-corrected chi connectivity index (χ2v) is 10.0. The second kappa shape index (κ2) is 11.0. The number of esters is 1. The number of fused-ring (bicyclic) bond motifs is 2. The van der Waals surface area contributed by atoms with Gasteiger partial charge in [-0.3, -0.25) is 9.48 Å². The van der Waals surface area contributed by atoms with Crippen molar-refractivity contribution in [1.82, 2.24) is 14.8 Å². The average Bonchev–Trinajstić information content (AvgIpc) is 3.64. The first-order valence-corrected chi connectivity index (χ1v) is 13.7. The lowest BCUT2D eigenvalue weighted by atomic mass is 9.97. The quantitative estimate of drug-likeness (QED) is 0.241. The van der Waals surface area contributed by atoms with Crippen LogP contribution in [0.15, 0.2) is 72.9 Å². The Labute approximate surface area is 232 Å². The molecule has 8 nitrogen and oxygen atoms in total. The highest BCUT2D eigenvalue weighted by Gasteiger charge is 2.24. The average molecular weight is 537 g/mol. The molecule has 0 aliphatic carbocycles. The van der Waals surface area contributed by atoms with E-state index < -0.39 is 5.92 Å². The number of nitrogens with two attached hydrogens (primary N) is 1. The fourth-order valence-electron chi connectivity index (χ4n) is 5.46. The van der Waals surface area contributed by atoms with Gasteiger partial charge in [-0.15, -0.1) is 0 Å². The van der Waals surface area contributed by atoms with Gasteiger partial charge >= 0.3 is 5.97 Å². The van der Waals surface area contributed by atoms with E-state index in [0.717, 1.165) is 57.1 Å². The van der Waals surface area contributed by atoms with E-state index in [1.165, 1.54) is 0 Å². The summed E-state index contributed by atoms with van der Waals surface area (Å²) in [7, 11) is 0. The Morgan fingerprint density at radius 3 is 2.80 bits per heavy atom. The van der Waals surface area contributed by atoms with Crippen molar-refractivity contribution in [3.8, 4) is 16.9 Å². The summed E-state index contributed by atoms with van der Waals surface area (Å²) in [5.74, 6) is 0.438. The fourth-order valence-corrected chi connectivity index (χ4v) is 5.46. The van der Waals surface area contributed by atoms with Crippen molar-refractivity contribution in [3.05, 3.63) is 84.2 Å². The highest BCUT2D eigenvalue weighted by atomic mass is 16.5. The minimum absolute atomic E-state index is 0.168. The third kappa shape index (κ3) is 4.75. The molecule has 0 radical (unpaired) electrons. The Balaban J connectivity index is 1.40. The molecule has 2 aromatic heterocycles. The number of nitrogen functional groups attached to an aromatic ring is 1. The van der Waals surface area contributed by atoms with Crippen molar-refractivity contribution in [1.29, 1.82) is 0 Å². The van der Waals surface area contributed by atoms with E-state index in [-0.39, 0.29) is 18.6 Å². The van der Waals surface area contributed by atoms with Crippen molar-refractivity contribution in [2.75, 3.05) is 25.6 Å². The maximum atomic E-state index is 12.5. The van der Waals surface area contributed by atoms with Gasteiger partial charge in [-0.25, -0.2) is 4.98 Å². The third-order valence-corrected chi connectivity index (χ3v) is 7.57. The molecule has 0 spiro atoms. The van der Waals surface area contributed by atoms with Gasteiger partial charge in [0.15, 0.2) is 0 Å². The molecule has 8 heteroatoms. The van der Waals surface area contributed by atoms with Gasteiger partial charge in [0.1, 0.15) is 23.9 Å². The van der Waals surface area contributed by atoms with Gasteiger partial charge in [0, 0.05) is 29.1 Å². The van der Waals surface area contributed by atoms with Crippen LogP contribution in [0.25, 0.3) is 32.8 Å². The van der Waals surface area contributed by atoms with Crippen molar-refractivity contribution in [2.24, 2.45) is 0 Å². The Hall–Kier alpha value is -4.43. The summed E-state index contributed by atoms with van der Waals surface area (Å²) >= 11 is 0. The number of carbonyl (C=O) groups is 1. The zero-order valence-corrected chi connectivity index (χ0v) is 22.7. The number of rotatable bonds is 8. The molecule has 5 aromatic rings. The molecule has 1 saturated heterocycles. The summed E-state index contributed by atoms with van der Waals surface area (Å²) in [4.78, 5) is 16.7. The summed E-state index contributed by atoms with van der Waals surface area (Å²) in [6, 6.07) is 22.3. The van der Waals surface area contributed by atoms with Crippen molar-refractivity contribution in [2.45, 2.75) is 38.8 Å². The lowest BCUT2D eigenvalue weighted by molar-refractivity contribution is -0.144. The van der Waals surface area contributed by atoms with E-state index in [1.54, 1.807) is 6.20 Å². The molecule has 0 amide bonds. The zero-order chi connectivity index (χ0) is 27.6. The molecule has 2 unspecified atom stereocenters. The molecule has 204 valence electrons. The molecule has 1 aliphatic heterocycles. The van der Waals surface area contributed by atoms with Crippen LogP contribution in [0.4, 0.5) is 5.82 Å². The predicted octanol–water partition coefficient (Wildman–Crippen LogP) is 6.04. The molecule has 3 aromatic carbocycles. The molecule has 40 heavy (non-hydrogen) atoms. The molecule has 0 saturated carbocycles. The van der Waals surface area contributed by atoms with E-state index in [9.17, 15) is 4.79 Å². The summed E-state index contributed by atoms with van der Waals surface area (Å²) in [6.07, 6.45) is 2.65. The molecule has 6 rings (SSSR count). The lowest BCUT2D eigenvalue weighted by Crippen LogP contribution is -2.14. The SMILES string of the molecule is CCOC(=O)C(C)c1ccccc1OCc1nn(C2CCOC2)c2ccc(-c3cccc4c(N)nccc34)cc12. The topological polar surface area (TPSA) is 101 Å². The highest BCUT2D eigenvalue weighted by Crippen LogP contribution is 2.35. The summed E-state index contributed by atoms with van der Waals surface area (Å²) in [6.45, 7) is 5.59. The number of para-hydroxylation sites is 1. The van der Waals surface area contributed by atoms with Gasteiger partial charge in [0.05, 0.1) is 30.7 Å². The number of carbonyl (C=O) groups excluding carboxylic acids is 1. The number of hydrogen-bond donors (Lipinski definition) is 1. The largest absolute Gasteiger partial charge is 0.487 e. The standard InChI is InChI=1S/C32H32N4O4/c1-3-39-32(37)20(2)23-7-4-5-10-30(23)40-19-28-27-17-21(11-12-29(27)36(35-28)22-14-16-38-18-22)24-8-6-9-26-25(24)13-15-34-31(26)33/h4-13,15,17,20,22H,3,14,16,18-19H2,1-2H3,(H2,33,34). The van der Waals surface area contributed by atoms with Gasteiger partial charge in [-0.2, -0.15) is 5.10 Å². The fraction of sp³-hybridized carbons (Fsp3) is 0.281. The molecule has 0 bridgehead atoms. The van der Waals surface area contributed by atoms with Crippen LogP contribution in [0.3, 0.4) is 0 Å². The summed E-state index contributed by atoms with van der Waals surface area (Å²) in [5, 5.41) is 8.01. The first-order valence-electron chi connectivity index (χ1n) is 13.7. The number of hydrogen-bond acceptors (Lipinski definition) is 7. The Morgan fingerprint density at radius 1 is 1.10 bits per heavy atom. The second-order valence-electron chi connectivity index (χ2n) is 10.0. The monoisotopic (exact) mass is 536 g/mol. The molecule has 1 fully saturated rings. The molecule has 1 aliphatic rings. The Morgan fingerprint density at radius 2 is 1.98 bits per heavy atom. The normalized spacial score (nSPS) is 15.9. The van der Waals surface area contributed by atoms with Crippen molar-refractivity contribution in [3.63, 3.8) is 0 Å². The van der Waals surface area contributed by atoms with Gasteiger partial charge in [-0.1, -0.05) is 42.5 Å². The van der Waals surface area contributed by atoms with Crippen LogP contribution < -0.4 is 10.5 Å². The van der Waals surface area contributed by atoms with Crippen LogP contribution in [-0.4, -0.2) is 40.6 Å². The first-order chi connectivity index (χ1) is 19.5. The summed E-state index contributed by atoms with van der Waals surface area (Å²) < 4.78 is 19.4. The Bertz CT molecular complexity index is 1690. The van der Waals surface area contributed by atoms with Crippen molar-refractivity contribution < 1.29 is 19.0 Å². The highest BCUT2D eigenvalue weighted by molar-refractivity contribution is 6.02. The Kier molecular flexibility index (Phi) is 7.09. The molecule has 2 atom stereocenters. The van der Waals surface area contributed by atoms with Crippen LogP contribution in [0.1, 0.15) is 43.5 Å². The number of anilines is 1. The zero-order valence-electron chi connectivity index (χ0n) is 22.7. The van der Waals surface area contributed by atoms with Crippen LogP contribution in [-0.2, 0) is 20.9 Å². The van der Waals surface area contributed by atoms with Crippen LogP contribution >= 0.6 is 0 Å². The first kappa shape index (κ1) is 25.8. The predicted molar refractivity (Wildman–Crippen MR) is 155 cm³/mol. The van der Waals surface area contributed by atoms with Crippen molar-refractivity contribution >= 4 is 33.5 Å². The van der Waals surface area contributed by atoms with Gasteiger partial charge < -0.3 is 19.9 Å². The van der Waals surface area contributed by atoms with Crippen LogP contribution in [0, 0.1) is 0 Å². The molecular formula is C32H32N4O4. The van der Waals surface area contributed by atoms with E-state index in [1.807, 2.05) is 56.3 Å². The smallest absolute Gasteiger partial charge is 0.313 e. The van der Waals surface area contributed by atoms with E-state index >= 15 is 0 Å².